The first kappa shape index (κ1) is 35.0. The van der Waals surface area contributed by atoms with Crippen molar-refractivity contribution in [2.75, 3.05) is 11.5 Å². The lowest BCUT2D eigenvalue weighted by atomic mass is 9.95. The number of rotatable bonds is 13. The smallest absolute Gasteiger partial charge is 0.301 e. The highest BCUT2D eigenvalue weighted by molar-refractivity contribution is 8.00. The van der Waals surface area contributed by atoms with Crippen LogP contribution in [0.15, 0.2) is 125 Å². The minimum Gasteiger partial charge on any atom is -0.507 e. The van der Waals surface area contributed by atoms with Crippen LogP contribution < -0.4 is 14.4 Å². The monoisotopic (exact) mass is 727 g/mol. The summed E-state index contributed by atoms with van der Waals surface area (Å²) in [5, 5.41) is 23.1. The van der Waals surface area contributed by atoms with E-state index in [2.05, 4.69) is 47.5 Å². The third-order valence-electron chi connectivity index (χ3n) is 8.86. The fraction of sp³-hybridized carbons (Fsp3) is 0.190. The molecule has 262 valence electrons. The van der Waals surface area contributed by atoms with Crippen molar-refractivity contribution in [1.82, 2.24) is 10.2 Å². The zero-order valence-electron chi connectivity index (χ0n) is 28.8. The summed E-state index contributed by atoms with van der Waals surface area (Å²) in [5.41, 5.74) is 4.33. The molecule has 0 saturated carbocycles. The third-order valence-corrected chi connectivity index (χ3v) is 11.0. The number of carbonyl (C=O) groups excluding carboxylic acids is 2. The molecule has 1 aliphatic heterocycles. The van der Waals surface area contributed by atoms with E-state index in [9.17, 15) is 14.7 Å². The molecule has 1 aliphatic rings. The number of amides is 1. The Labute approximate surface area is 310 Å². The average Bonchev–Trinajstić information content (AvgIpc) is 3.74. The lowest BCUT2D eigenvalue weighted by Gasteiger charge is -2.22. The Balaban J connectivity index is 1.18. The first-order chi connectivity index (χ1) is 25.4. The molecule has 1 unspecified atom stereocenters. The summed E-state index contributed by atoms with van der Waals surface area (Å²) in [5.74, 6) is 0.0759. The number of carbonyl (C=O) groups is 2. The number of aryl methyl sites for hydroxylation is 1. The highest BCUT2D eigenvalue weighted by Crippen LogP contribution is 2.44. The molecular formula is C42H37N3O5S2. The number of unbranched alkanes of at least 4 members (excludes halogenated alkanes) is 1. The van der Waals surface area contributed by atoms with Crippen molar-refractivity contribution in [2.24, 2.45) is 0 Å². The van der Waals surface area contributed by atoms with Gasteiger partial charge in [-0.2, -0.15) is 0 Å². The van der Waals surface area contributed by atoms with E-state index in [1.165, 1.54) is 33.4 Å². The lowest BCUT2D eigenvalue weighted by Crippen LogP contribution is -2.29. The van der Waals surface area contributed by atoms with Crippen molar-refractivity contribution < 1.29 is 24.2 Å². The maximum absolute atomic E-state index is 13.8. The molecule has 1 aromatic heterocycles. The van der Waals surface area contributed by atoms with Gasteiger partial charge in [-0.05, 0) is 77.2 Å². The van der Waals surface area contributed by atoms with Crippen LogP contribution >= 0.6 is 23.1 Å². The number of aliphatic hydroxyl groups is 1. The zero-order valence-corrected chi connectivity index (χ0v) is 30.5. The van der Waals surface area contributed by atoms with Gasteiger partial charge in [0.05, 0.1) is 18.2 Å². The van der Waals surface area contributed by atoms with Gasteiger partial charge in [0, 0.05) is 11.3 Å². The van der Waals surface area contributed by atoms with E-state index in [1.807, 2.05) is 67.6 Å². The number of ketones is 1. The van der Waals surface area contributed by atoms with Gasteiger partial charge in [-0.25, -0.2) is 0 Å². The van der Waals surface area contributed by atoms with Crippen LogP contribution in [0.1, 0.15) is 53.6 Å². The number of anilines is 1. The Kier molecular flexibility index (Phi) is 10.7. The van der Waals surface area contributed by atoms with Gasteiger partial charge in [0.15, 0.2) is 4.34 Å². The summed E-state index contributed by atoms with van der Waals surface area (Å²) in [6.45, 7) is 5.11. The SMILES string of the molecule is CCCCOc1ccc(C2/C(=C(\O)c3ccc(OCc4cccc(C)c4)cc3)C(=O)C(=O)N2c2nnc(SCc3cccc4ccccc34)s2)cc1. The van der Waals surface area contributed by atoms with E-state index in [0.717, 1.165) is 34.9 Å². The van der Waals surface area contributed by atoms with E-state index in [1.54, 1.807) is 24.3 Å². The second-order valence-electron chi connectivity index (χ2n) is 12.5. The number of hydrogen-bond acceptors (Lipinski definition) is 9. The second kappa shape index (κ2) is 15.8. The summed E-state index contributed by atoms with van der Waals surface area (Å²) in [7, 11) is 0. The number of Topliss-reactive ketones (excluding diaryl/α,β-unsaturated/α-hetero) is 1. The topological polar surface area (TPSA) is 102 Å². The van der Waals surface area contributed by atoms with E-state index in [0.29, 0.717) is 45.9 Å². The van der Waals surface area contributed by atoms with Gasteiger partial charge in [0.2, 0.25) is 5.13 Å². The Morgan fingerprint density at radius 3 is 2.38 bits per heavy atom. The van der Waals surface area contributed by atoms with E-state index < -0.39 is 17.7 Å². The van der Waals surface area contributed by atoms with Gasteiger partial charge in [-0.15, -0.1) is 10.2 Å². The molecule has 1 N–H and O–H groups in total. The number of nitrogens with zero attached hydrogens (tertiary/aromatic N) is 3. The van der Waals surface area contributed by atoms with Crippen molar-refractivity contribution in [1.29, 1.82) is 0 Å². The lowest BCUT2D eigenvalue weighted by molar-refractivity contribution is -0.132. The minimum absolute atomic E-state index is 0.0294. The van der Waals surface area contributed by atoms with Crippen molar-refractivity contribution in [2.45, 2.75) is 49.4 Å². The number of hydrogen-bond donors (Lipinski definition) is 1. The van der Waals surface area contributed by atoms with Crippen molar-refractivity contribution in [3.05, 3.63) is 149 Å². The second-order valence-corrected chi connectivity index (χ2v) is 14.7. The summed E-state index contributed by atoms with van der Waals surface area (Å²) < 4.78 is 12.5. The van der Waals surface area contributed by atoms with E-state index in [4.69, 9.17) is 9.47 Å². The molecule has 7 rings (SSSR count). The molecule has 1 amide bonds. The number of aliphatic hydroxyl groups excluding tert-OH is 1. The molecule has 8 nitrogen and oxygen atoms in total. The first-order valence-corrected chi connectivity index (χ1v) is 19.0. The van der Waals surface area contributed by atoms with Crippen LogP contribution in [-0.4, -0.2) is 33.6 Å². The third kappa shape index (κ3) is 7.58. The molecule has 0 bridgehead atoms. The Hall–Kier alpha value is -5.45. The first-order valence-electron chi connectivity index (χ1n) is 17.1. The molecule has 0 spiro atoms. The molecule has 1 fully saturated rings. The van der Waals surface area contributed by atoms with Crippen LogP contribution in [0.3, 0.4) is 0 Å². The van der Waals surface area contributed by atoms with Crippen molar-refractivity contribution in [3.63, 3.8) is 0 Å². The van der Waals surface area contributed by atoms with Gasteiger partial charge in [-0.3, -0.25) is 14.5 Å². The van der Waals surface area contributed by atoms with Crippen molar-refractivity contribution in [3.8, 4) is 11.5 Å². The van der Waals surface area contributed by atoms with Crippen LogP contribution in [0.5, 0.6) is 11.5 Å². The molecule has 2 heterocycles. The van der Waals surface area contributed by atoms with Crippen LogP contribution in [0.4, 0.5) is 5.13 Å². The Morgan fingerprint density at radius 2 is 1.60 bits per heavy atom. The maximum Gasteiger partial charge on any atom is 0.301 e. The predicted octanol–water partition coefficient (Wildman–Crippen LogP) is 9.68. The highest BCUT2D eigenvalue weighted by atomic mass is 32.2. The number of fused-ring (bicyclic) bond motifs is 1. The molecule has 5 aromatic carbocycles. The van der Waals surface area contributed by atoms with Gasteiger partial charge < -0.3 is 14.6 Å². The van der Waals surface area contributed by atoms with Gasteiger partial charge in [0.1, 0.15) is 23.9 Å². The number of ether oxygens (including phenoxy) is 2. The summed E-state index contributed by atoms with van der Waals surface area (Å²) in [6.07, 6.45) is 1.94. The molecule has 6 aromatic rings. The quantitative estimate of drug-likeness (QED) is 0.0314. The largest absolute Gasteiger partial charge is 0.507 e. The number of thioether (sulfide) groups is 1. The van der Waals surface area contributed by atoms with Gasteiger partial charge >= 0.3 is 5.91 Å². The minimum atomic E-state index is -0.939. The van der Waals surface area contributed by atoms with E-state index >= 15 is 0 Å². The molecule has 0 radical (unpaired) electrons. The number of benzene rings is 5. The predicted molar refractivity (Wildman–Crippen MR) is 207 cm³/mol. The normalized spacial score (nSPS) is 15.3. The number of aromatic nitrogens is 2. The standard InChI is InChI=1S/C42H37N3O5S2/c1-3-4-23-49-33-19-15-30(16-20-33)37-36(38(46)31-17-21-34(22-18-31)50-25-28-10-7-9-27(2)24-28)39(47)40(48)45(37)41-43-44-42(52-41)51-26-32-13-8-12-29-11-5-6-14-35(29)32/h5-22,24,37,46H,3-4,23,25-26H2,1-2H3/b38-36+. The van der Waals surface area contributed by atoms with Crippen molar-refractivity contribution >= 4 is 56.5 Å². The summed E-state index contributed by atoms with van der Waals surface area (Å²) >= 11 is 2.76. The van der Waals surface area contributed by atoms with Crippen LogP contribution in [0.25, 0.3) is 16.5 Å². The van der Waals surface area contributed by atoms with Crippen LogP contribution in [0, 0.1) is 6.92 Å². The zero-order chi connectivity index (χ0) is 36.0. The molecule has 10 heteroatoms. The maximum atomic E-state index is 13.8. The molecule has 0 aliphatic carbocycles. The molecule has 52 heavy (non-hydrogen) atoms. The summed E-state index contributed by atoms with van der Waals surface area (Å²) in [4.78, 5) is 29.0. The van der Waals surface area contributed by atoms with Gasteiger partial charge in [-0.1, -0.05) is 121 Å². The molecule has 1 saturated heterocycles. The van der Waals surface area contributed by atoms with E-state index in [-0.39, 0.29) is 16.5 Å². The summed E-state index contributed by atoms with van der Waals surface area (Å²) in [6, 6.07) is 35.7. The average molecular weight is 728 g/mol. The fourth-order valence-electron chi connectivity index (χ4n) is 6.18. The highest BCUT2D eigenvalue weighted by Gasteiger charge is 2.48. The Morgan fingerprint density at radius 1 is 0.865 bits per heavy atom. The Bertz CT molecular complexity index is 2240. The fourth-order valence-corrected chi connectivity index (χ4v) is 8.05. The molecule has 1 atom stereocenters. The molecular weight excluding hydrogens is 691 g/mol. The van der Waals surface area contributed by atoms with Gasteiger partial charge in [0.25, 0.3) is 5.78 Å². The van der Waals surface area contributed by atoms with Crippen LogP contribution in [0.2, 0.25) is 0 Å². The van der Waals surface area contributed by atoms with Crippen LogP contribution in [-0.2, 0) is 21.9 Å².